The number of aromatic amines is 1. The van der Waals surface area contributed by atoms with Crippen LogP contribution in [-0.2, 0) is 4.74 Å². The second-order valence-corrected chi connectivity index (χ2v) is 4.63. The van der Waals surface area contributed by atoms with E-state index >= 15 is 0 Å². The minimum atomic E-state index is -0.472. The highest BCUT2D eigenvalue weighted by Gasteiger charge is 2.12. The van der Waals surface area contributed by atoms with Crippen LogP contribution in [0.15, 0.2) is 35.3 Å². The molecule has 1 N–H and O–H groups in total. The predicted octanol–water partition coefficient (Wildman–Crippen LogP) is 2.52. The highest BCUT2D eigenvalue weighted by molar-refractivity contribution is 6.37. The zero-order chi connectivity index (χ0) is 14.3. The number of halogens is 1. The quantitative estimate of drug-likeness (QED) is 0.552. The summed E-state index contributed by atoms with van der Waals surface area (Å²) in [4.78, 5) is 30.4. The monoisotopic (exact) mass is 288 g/mol. The summed E-state index contributed by atoms with van der Waals surface area (Å²) >= 11 is 6.18. The van der Waals surface area contributed by atoms with E-state index < -0.39 is 5.97 Å². The van der Waals surface area contributed by atoms with Crippen molar-refractivity contribution in [1.29, 1.82) is 0 Å². The lowest BCUT2D eigenvalue weighted by Crippen LogP contribution is -2.09. The van der Waals surface area contributed by atoms with Crippen molar-refractivity contribution in [2.45, 2.75) is 0 Å². The molecule has 0 aliphatic heterocycles. The molecule has 0 aliphatic carbocycles. The summed E-state index contributed by atoms with van der Waals surface area (Å²) in [6.07, 6.45) is 1.51. The number of ether oxygens (including phenoxy) is 1. The standard InChI is InChI=1S/C14H9ClN2O3/c1-20-14(19)7-2-3-8-9(6-7)11-10(15)4-5-16-12(11)17-13(8)18/h2-6H,1H3,(H,16,17,18). The molecule has 3 aromatic rings. The highest BCUT2D eigenvalue weighted by atomic mass is 35.5. The topological polar surface area (TPSA) is 72.1 Å². The van der Waals surface area contributed by atoms with Crippen LogP contribution in [0, 0.1) is 0 Å². The van der Waals surface area contributed by atoms with Gasteiger partial charge in [-0.15, -0.1) is 0 Å². The van der Waals surface area contributed by atoms with E-state index in [1.54, 1.807) is 24.3 Å². The SMILES string of the molecule is COC(=O)c1ccc2c(=O)[nH]c3nccc(Cl)c3c2c1. The van der Waals surface area contributed by atoms with Crippen molar-refractivity contribution in [3.8, 4) is 0 Å². The molecule has 2 aromatic heterocycles. The molecule has 2 heterocycles. The fourth-order valence-corrected chi connectivity index (χ4v) is 2.41. The van der Waals surface area contributed by atoms with E-state index in [4.69, 9.17) is 11.6 Å². The Hall–Kier alpha value is -2.40. The number of hydrogen-bond acceptors (Lipinski definition) is 4. The molecule has 0 radical (unpaired) electrons. The van der Waals surface area contributed by atoms with E-state index in [1.807, 2.05) is 0 Å². The lowest BCUT2D eigenvalue weighted by Gasteiger charge is -2.06. The number of benzene rings is 1. The average Bonchev–Trinajstić information content (AvgIpc) is 2.46. The Morgan fingerprint density at radius 3 is 2.85 bits per heavy atom. The van der Waals surface area contributed by atoms with Gasteiger partial charge in [-0.3, -0.25) is 4.79 Å². The van der Waals surface area contributed by atoms with E-state index in [0.717, 1.165) is 0 Å². The average molecular weight is 289 g/mol. The Morgan fingerprint density at radius 1 is 1.30 bits per heavy atom. The van der Waals surface area contributed by atoms with Crippen LogP contribution in [0.2, 0.25) is 5.02 Å². The smallest absolute Gasteiger partial charge is 0.337 e. The fraction of sp³-hybridized carbons (Fsp3) is 0.0714. The summed E-state index contributed by atoms with van der Waals surface area (Å²) in [5.41, 5.74) is 0.461. The number of hydrogen-bond donors (Lipinski definition) is 1. The van der Waals surface area contributed by atoms with Gasteiger partial charge in [0.1, 0.15) is 5.65 Å². The molecule has 0 aliphatic rings. The number of nitrogens with one attached hydrogen (secondary N) is 1. The fourth-order valence-electron chi connectivity index (χ4n) is 2.16. The number of rotatable bonds is 1. The second-order valence-electron chi connectivity index (χ2n) is 4.22. The van der Waals surface area contributed by atoms with Crippen LogP contribution < -0.4 is 5.56 Å². The van der Waals surface area contributed by atoms with E-state index in [1.165, 1.54) is 13.3 Å². The summed E-state index contributed by atoms with van der Waals surface area (Å²) in [6, 6.07) is 6.33. The maximum absolute atomic E-state index is 12.0. The maximum atomic E-state index is 12.0. The van der Waals surface area contributed by atoms with Gasteiger partial charge in [-0.05, 0) is 24.3 Å². The van der Waals surface area contributed by atoms with Crippen LogP contribution in [0.3, 0.4) is 0 Å². The second kappa shape index (κ2) is 4.61. The van der Waals surface area contributed by atoms with E-state index in [0.29, 0.717) is 32.4 Å². The Morgan fingerprint density at radius 2 is 2.10 bits per heavy atom. The molecule has 0 spiro atoms. The Labute approximate surface area is 118 Å². The zero-order valence-corrected chi connectivity index (χ0v) is 11.2. The molecule has 3 rings (SSSR count). The molecule has 0 saturated heterocycles. The molecular weight excluding hydrogens is 280 g/mol. The molecule has 6 heteroatoms. The Bertz CT molecular complexity index is 902. The molecule has 0 bridgehead atoms. The lowest BCUT2D eigenvalue weighted by atomic mass is 10.1. The molecule has 5 nitrogen and oxygen atoms in total. The van der Waals surface area contributed by atoms with Gasteiger partial charge in [0.05, 0.1) is 17.7 Å². The van der Waals surface area contributed by atoms with Crippen molar-refractivity contribution in [2.24, 2.45) is 0 Å². The van der Waals surface area contributed by atoms with Gasteiger partial charge in [0.15, 0.2) is 0 Å². The normalized spacial score (nSPS) is 10.9. The van der Waals surface area contributed by atoms with Gasteiger partial charge in [-0.1, -0.05) is 11.6 Å². The first-order valence-corrected chi connectivity index (χ1v) is 6.18. The number of esters is 1. The first-order chi connectivity index (χ1) is 9.61. The summed E-state index contributed by atoms with van der Waals surface area (Å²) < 4.78 is 4.68. The first-order valence-electron chi connectivity index (χ1n) is 5.80. The van der Waals surface area contributed by atoms with Crippen molar-refractivity contribution in [1.82, 2.24) is 9.97 Å². The van der Waals surface area contributed by atoms with E-state index in [-0.39, 0.29) is 5.56 Å². The predicted molar refractivity (Wildman–Crippen MR) is 76.2 cm³/mol. The van der Waals surface area contributed by atoms with Crippen LogP contribution in [0.25, 0.3) is 21.8 Å². The third-order valence-corrected chi connectivity index (χ3v) is 3.40. The number of nitrogens with zero attached hydrogens (tertiary/aromatic N) is 1. The van der Waals surface area contributed by atoms with Crippen LogP contribution in [-0.4, -0.2) is 23.0 Å². The molecule has 0 unspecified atom stereocenters. The van der Waals surface area contributed by atoms with Gasteiger partial charge in [0.25, 0.3) is 5.56 Å². The van der Waals surface area contributed by atoms with Gasteiger partial charge in [-0.25, -0.2) is 9.78 Å². The molecule has 0 saturated carbocycles. The third-order valence-electron chi connectivity index (χ3n) is 3.09. The largest absolute Gasteiger partial charge is 0.465 e. The number of fused-ring (bicyclic) bond motifs is 3. The number of aromatic nitrogens is 2. The lowest BCUT2D eigenvalue weighted by molar-refractivity contribution is 0.0601. The van der Waals surface area contributed by atoms with E-state index in [2.05, 4.69) is 14.7 Å². The van der Waals surface area contributed by atoms with Gasteiger partial charge in [0.2, 0.25) is 0 Å². The van der Waals surface area contributed by atoms with Crippen molar-refractivity contribution in [2.75, 3.05) is 7.11 Å². The summed E-state index contributed by atoms with van der Waals surface area (Å²) in [5.74, 6) is -0.472. The van der Waals surface area contributed by atoms with Crippen molar-refractivity contribution in [3.63, 3.8) is 0 Å². The van der Waals surface area contributed by atoms with Crippen LogP contribution in [0.4, 0.5) is 0 Å². The van der Waals surface area contributed by atoms with Crippen molar-refractivity contribution < 1.29 is 9.53 Å². The van der Waals surface area contributed by atoms with Crippen LogP contribution in [0.5, 0.6) is 0 Å². The van der Waals surface area contributed by atoms with Crippen molar-refractivity contribution >= 4 is 39.4 Å². The zero-order valence-electron chi connectivity index (χ0n) is 10.4. The minimum absolute atomic E-state index is 0.279. The van der Waals surface area contributed by atoms with Gasteiger partial charge in [0, 0.05) is 22.4 Å². The van der Waals surface area contributed by atoms with Crippen LogP contribution >= 0.6 is 11.6 Å². The number of H-pyrrole nitrogens is 1. The number of pyridine rings is 2. The molecule has 0 amide bonds. The molecular formula is C14H9ClN2O3. The summed E-state index contributed by atoms with van der Waals surface area (Å²) in [6.45, 7) is 0. The number of methoxy groups -OCH3 is 1. The number of carbonyl (C=O) groups is 1. The van der Waals surface area contributed by atoms with Crippen LogP contribution in [0.1, 0.15) is 10.4 Å². The molecule has 20 heavy (non-hydrogen) atoms. The van der Waals surface area contributed by atoms with Gasteiger partial charge < -0.3 is 9.72 Å². The molecule has 0 fully saturated rings. The maximum Gasteiger partial charge on any atom is 0.337 e. The number of carbonyl (C=O) groups excluding carboxylic acids is 1. The molecule has 1 aromatic carbocycles. The molecule has 100 valence electrons. The minimum Gasteiger partial charge on any atom is -0.465 e. The van der Waals surface area contributed by atoms with Crippen molar-refractivity contribution in [3.05, 3.63) is 51.4 Å². The Kier molecular flexibility index (Phi) is 2.91. The summed E-state index contributed by atoms with van der Waals surface area (Å²) in [5, 5.41) is 2.08. The summed E-state index contributed by atoms with van der Waals surface area (Å²) in [7, 11) is 1.30. The molecule has 0 atom stereocenters. The first kappa shape index (κ1) is 12.6. The van der Waals surface area contributed by atoms with Gasteiger partial charge in [-0.2, -0.15) is 0 Å². The van der Waals surface area contributed by atoms with E-state index in [9.17, 15) is 9.59 Å². The van der Waals surface area contributed by atoms with Gasteiger partial charge >= 0.3 is 5.97 Å². The highest BCUT2D eigenvalue weighted by Crippen LogP contribution is 2.27. The Balaban J connectivity index is 2.51. The third kappa shape index (κ3) is 1.83.